The molecule has 17 heavy (non-hydrogen) atoms. The summed E-state index contributed by atoms with van der Waals surface area (Å²) in [6, 6.07) is 0. The molecule has 100 valence electrons. The Morgan fingerprint density at radius 2 is 1.88 bits per heavy atom. The van der Waals surface area contributed by atoms with Gasteiger partial charge in [0.1, 0.15) is 0 Å². The van der Waals surface area contributed by atoms with Crippen molar-refractivity contribution >= 4 is 22.8 Å². The van der Waals surface area contributed by atoms with Crippen LogP contribution >= 0.6 is 11.8 Å². The van der Waals surface area contributed by atoms with Crippen LogP contribution in [0, 0.1) is 5.92 Å². The highest BCUT2D eigenvalue weighted by molar-refractivity contribution is 8.13. The lowest BCUT2D eigenvalue weighted by atomic mass is 10.1. The molecular formula is C10H15F3O3S. The average molecular weight is 272 g/mol. The molecule has 0 fully saturated rings. The summed E-state index contributed by atoms with van der Waals surface area (Å²) in [7, 11) is 0. The first-order valence-electron chi connectivity index (χ1n) is 5.24. The number of alkyl halides is 3. The van der Waals surface area contributed by atoms with E-state index in [1.807, 2.05) is 6.92 Å². The number of thioether (sulfide) groups is 1. The van der Waals surface area contributed by atoms with Crippen molar-refractivity contribution in [3.63, 3.8) is 0 Å². The maximum Gasteiger partial charge on any atom is 0.410 e. The number of carbonyl (C=O) groups excluding carboxylic acids is 2. The molecule has 7 heteroatoms. The van der Waals surface area contributed by atoms with E-state index in [4.69, 9.17) is 0 Å². The summed E-state index contributed by atoms with van der Waals surface area (Å²) in [5.41, 5.74) is 0. The molecule has 0 aliphatic rings. The van der Waals surface area contributed by atoms with Gasteiger partial charge in [0.2, 0.25) is 11.0 Å². The Morgan fingerprint density at radius 1 is 1.29 bits per heavy atom. The van der Waals surface area contributed by atoms with Crippen molar-refractivity contribution in [3.8, 4) is 0 Å². The van der Waals surface area contributed by atoms with Gasteiger partial charge in [0.05, 0.1) is 6.61 Å². The number of halogens is 3. The van der Waals surface area contributed by atoms with E-state index in [1.54, 1.807) is 0 Å². The number of unbranched alkanes of at least 4 members (excludes halogenated alkanes) is 1. The first-order valence-corrected chi connectivity index (χ1v) is 6.23. The molecule has 0 aromatic carbocycles. The first kappa shape index (κ1) is 16.3. The SMILES string of the molecule is CCCCSC(=O)C(C(=O)OCC)C(F)(F)F. The second-order valence-electron chi connectivity index (χ2n) is 3.25. The van der Waals surface area contributed by atoms with Gasteiger partial charge in [-0.15, -0.1) is 0 Å². The van der Waals surface area contributed by atoms with Crippen LogP contribution in [0.5, 0.6) is 0 Å². The van der Waals surface area contributed by atoms with E-state index in [9.17, 15) is 22.8 Å². The number of hydrogen-bond acceptors (Lipinski definition) is 4. The molecule has 0 saturated heterocycles. The maximum atomic E-state index is 12.5. The highest BCUT2D eigenvalue weighted by Gasteiger charge is 2.51. The van der Waals surface area contributed by atoms with Gasteiger partial charge in [-0.2, -0.15) is 13.2 Å². The highest BCUT2D eigenvalue weighted by atomic mass is 32.2. The first-order chi connectivity index (χ1) is 7.84. The van der Waals surface area contributed by atoms with Gasteiger partial charge in [0, 0.05) is 5.75 Å². The molecule has 0 aromatic rings. The van der Waals surface area contributed by atoms with Crippen molar-refractivity contribution in [2.24, 2.45) is 5.92 Å². The molecule has 0 N–H and O–H groups in total. The Bertz CT molecular complexity index is 266. The Hall–Kier alpha value is -0.720. The summed E-state index contributed by atoms with van der Waals surface area (Å²) in [4.78, 5) is 22.4. The molecule has 0 spiro atoms. The van der Waals surface area contributed by atoms with E-state index < -0.39 is 23.2 Å². The topological polar surface area (TPSA) is 43.4 Å². The third kappa shape index (κ3) is 5.95. The second-order valence-corrected chi connectivity index (χ2v) is 4.35. The van der Waals surface area contributed by atoms with Crippen LogP contribution in [-0.4, -0.2) is 29.6 Å². The summed E-state index contributed by atoms with van der Waals surface area (Å²) in [5, 5.41) is -1.19. The Balaban J connectivity index is 4.58. The summed E-state index contributed by atoms with van der Waals surface area (Å²) < 4.78 is 41.8. The predicted molar refractivity (Wildman–Crippen MR) is 58.6 cm³/mol. The minimum atomic E-state index is -4.89. The van der Waals surface area contributed by atoms with Crippen LogP contribution in [0.1, 0.15) is 26.7 Å². The molecule has 3 nitrogen and oxygen atoms in total. The monoisotopic (exact) mass is 272 g/mol. The van der Waals surface area contributed by atoms with Gasteiger partial charge in [-0.05, 0) is 13.3 Å². The van der Waals surface area contributed by atoms with Crippen LogP contribution in [0.15, 0.2) is 0 Å². The van der Waals surface area contributed by atoms with Crippen molar-refractivity contribution in [2.45, 2.75) is 32.9 Å². The number of ether oxygens (including phenoxy) is 1. The summed E-state index contributed by atoms with van der Waals surface area (Å²) in [6.07, 6.45) is -3.48. The minimum Gasteiger partial charge on any atom is -0.465 e. The van der Waals surface area contributed by atoms with E-state index in [0.29, 0.717) is 18.2 Å². The lowest BCUT2D eigenvalue weighted by Crippen LogP contribution is -2.37. The summed E-state index contributed by atoms with van der Waals surface area (Å²) in [5.74, 6) is -3.90. The zero-order valence-corrected chi connectivity index (χ0v) is 10.5. The van der Waals surface area contributed by atoms with Crippen LogP contribution in [0.25, 0.3) is 0 Å². The van der Waals surface area contributed by atoms with Crippen LogP contribution in [0.4, 0.5) is 13.2 Å². The molecule has 0 aliphatic carbocycles. The van der Waals surface area contributed by atoms with Crippen molar-refractivity contribution in [3.05, 3.63) is 0 Å². The maximum absolute atomic E-state index is 12.5. The molecule has 0 heterocycles. The molecule has 0 aromatic heterocycles. The fraction of sp³-hybridized carbons (Fsp3) is 0.800. The normalized spacial score (nSPS) is 13.2. The van der Waals surface area contributed by atoms with Crippen molar-refractivity contribution < 1.29 is 27.5 Å². The van der Waals surface area contributed by atoms with Crippen LogP contribution in [0.3, 0.4) is 0 Å². The van der Waals surface area contributed by atoms with Gasteiger partial charge >= 0.3 is 12.1 Å². The van der Waals surface area contributed by atoms with E-state index in [2.05, 4.69) is 4.74 Å². The van der Waals surface area contributed by atoms with Gasteiger partial charge in [0.25, 0.3) is 0 Å². The number of hydrogen-bond donors (Lipinski definition) is 0. The zero-order valence-electron chi connectivity index (χ0n) is 9.67. The molecule has 1 atom stereocenters. The Morgan fingerprint density at radius 3 is 2.29 bits per heavy atom. The highest BCUT2D eigenvalue weighted by Crippen LogP contribution is 2.31. The zero-order chi connectivity index (χ0) is 13.5. The molecule has 0 rings (SSSR count). The average Bonchev–Trinajstić information content (AvgIpc) is 2.16. The van der Waals surface area contributed by atoms with Gasteiger partial charge in [-0.25, -0.2) is 0 Å². The van der Waals surface area contributed by atoms with Gasteiger partial charge < -0.3 is 4.74 Å². The number of esters is 1. The van der Waals surface area contributed by atoms with E-state index >= 15 is 0 Å². The Labute approximate surface area is 102 Å². The molecule has 0 radical (unpaired) electrons. The van der Waals surface area contributed by atoms with Crippen molar-refractivity contribution in [1.82, 2.24) is 0 Å². The van der Waals surface area contributed by atoms with Gasteiger partial charge in [0.15, 0.2) is 0 Å². The number of rotatable bonds is 6. The van der Waals surface area contributed by atoms with Crippen molar-refractivity contribution in [1.29, 1.82) is 0 Å². The van der Waals surface area contributed by atoms with Gasteiger partial charge in [-0.3, -0.25) is 9.59 Å². The molecule has 0 bridgehead atoms. The lowest BCUT2D eigenvalue weighted by molar-refractivity contribution is -0.194. The second kappa shape index (κ2) is 7.58. The quantitative estimate of drug-likeness (QED) is 0.423. The number of carbonyl (C=O) groups is 2. The lowest BCUT2D eigenvalue weighted by Gasteiger charge is -2.16. The Kier molecular flexibility index (Phi) is 7.26. The standard InChI is InChI=1S/C10H15F3O3S/c1-3-5-6-17-9(15)7(10(11,12)13)8(14)16-4-2/h7H,3-6H2,1-2H3. The summed E-state index contributed by atoms with van der Waals surface area (Å²) >= 11 is 0.530. The molecule has 0 aliphatic heterocycles. The van der Waals surface area contributed by atoms with E-state index in [0.717, 1.165) is 6.42 Å². The van der Waals surface area contributed by atoms with E-state index in [-0.39, 0.29) is 12.4 Å². The molecule has 1 unspecified atom stereocenters. The molecular weight excluding hydrogens is 257 g/mol. The summed E-state index contributed by atoms with van der Waals surface area (Å²) in [6.45, 7) is 3.07. The molecule has 0 amide bonds. The third-order valence-corrected chi connectivity index (χ3v) is 2.84. The predicted octanol–water partition coefficient (Wildman–Crippen LogP) is 2.79. The minimum absolute atomic E-state index is 0.182. The largest absolute Gasteiger partial charge is 0.465 e. The third-order valence-electron chi connectivity index (χ3n) is 1.83. The van der Waals surface area contributed by atoms with Crippen LogP contribution in [0.2, 0.25) is 0 Å². The van der Waals surface area contributed by atoms with Crippen LogP contribution in [-0.2, 0) is 14.3 Å². The molecule has 0 saturated carbocycles. The fourth-order valence-corrected chi connectivity index (χ4v) is 2.02. The van der Waals surface area contributed by atoms with Gasteiger partial charge in [-0.1, -0.05) is 25.1 Å². The fourth-order valence-electron chi connectivity index (χ4n) is 0.990. The smallest absolute Gasteiger partial charge is 0.410 e. The van der Waals surface area contributed by atoms with E-state index in [1.165, 1.54) is 6.92 Å². The van der Waals surface area contributed by atoms with Crippen molar-refractivity contribution in [2.75, 3.05) is 12.4 Å². The van der Waals surface area contributed by atoms with Crippen LogP contribution < -0.4 is 0 Å².